The van der Waals surface area contributed by atoms with Crippen molar-refractivity contribution in [2.24, 2.45) is 0 Å². The van der Waals surface area contributed by atoms with Crippen LogP contribution in [0, 0.1) is 0 Å². The first-order valence-corrected chi connectivity index (χ1v) is 14.8. The molecule has 2 aliphatic rings. The van der Waals surface area contributed by atoms with Gasteiger partial charge in [0.25, 0.3) is 0 Å². The van der Waals surface area contributed by atoms with Crippen LogP contribution < -0.4 is 14.2 Å². The van der Waals surface area contributed by atoms with E-state index in [0.717, 1.165) is 11.1 Å². The standard InChI is InChI=1S/C32H39F3N6O4.2ClH/c1-38(2)31(42)40-15-16-41-24(18-40)17-39(19-25-28(43-3)36-30(44-4)37-29(25)45-21-32(33,34)35)20-26(41)27(22-11-7-5-8-12-22)23-13-9-6-10-14-23;;/h5-14,24,26-27H,15-21H2,1-4H3;2*1H. The highest BCUT2D eigenvalue weighted by molar-refractivity contribution is 5.85. The molecular weight excluding hydrogens is 660 g/mol. The molecule has 5 rings (SSSR count). The van der Waals surface area contributed by atoms with Crippen molar-refractivity contribution < 1.29 is 32.2 Å². The molecule has 47 heavy (non-hydrogen) atoms. The Kier molecular flexibility index (Phi) is 13.3. The Labute approximate surface area is 285 Å². The highest BCUT2D eigenvalue weighted by Crippen LogP contribution is 2.38. The number of aromatic nitrogens is 2. The molecule has 2 fully saturated rings. The Morgan fingerprint density at radius 3 is 2.02 bits per heavy atom. The lowest BCUT2D eigenvalue weighted by atomic mass is 9.81. The summed E-state index contributed by atoms with van der Waals surface area (Å²) in [6.07, 6.45) is -4.57. The van der Waals surface area contributed by atoms with Crippen LogP contribution in [0.15, 0.2) is 60.7 Å². The molecule has 0 saturated carbocycles. The number of amides is 2. The largest absolute Gasteiger partial charge is 0.481 e. The Morgan fingerprint density at radius 2 is 1.49 bits per heavy atom. The van der Waals surface area contributed by atoms with E-state index in [9.17, 15) is 18.0 Å². The zero-order chi connectivity index (χ0) is 32.1. The maximum absolute atomic E-state index is 13.2. The van der Waals surface area contributed by atoms with Gasteiger partial charge in [-0.15, -0.1) is 24.8 Å². The number of halogens is 5. The summed E-state index contributed by atoms with van der Waals surface area (Å²) in [4.78, 5) is 29.5. The SMILES string of the molecule is COc1nc(OC)c(CN2CC3CN(C(=O)N(C)C)CCN3C(C(c3ccccc3)c3ccccc3)C2)c(OCC(F)(F)F)n1.Cl.Cl. The Bertz CT molecular complexity index is 1400. The number of urea groups is 1. The summed E-state index contributed by atoms with van der Waals surface area (Å²) in [6.45, 7) is 1.57. The number of carbonyl (C=O) groups is 1. The van der Waals surface area contributed by atoms with Crippen molar-refractivity contribution in [1.82, 2.24) is 29.6 Å². The average molecular weight is 702 g/mol. The minimum atomic E-state index is -4.57. The van der Waals surface area contributed by atoms with E-state index in [1.165, 1.54) is 14.2 Å². The number of piperazine rings is 2. The average Bonchev–Trinajstić information content (AvgIpc) is 3.04. The summed E-state index contributed by atoms with van der Waals surface area (Å²) in [5, 5.41) is 0. The molecule has 258 valence electrons. The van der Waals surface area contributed by atoms with E-state index in [-0.39, 0.29) is 73.2 Å². The van der Waals surface area contributed by atoms with Crippen molar-refractivity contribution in [3.63, 3.8) is 0 Å². The van der Waals surface area contributed by atoms with Gasteiger partial charge in [-0.25, -0.2) is 4.79 Å². The molecule has 0 N–H and O–H groups in total. The van der Waals surface area contributed by atoms with Gasteiger partial charge in [0.2, 0.25) is 11.8 Å². The van der Waals surface area contributed by atoms with E-state index in [1.807, 2.05) is 41.3 Å². The minimum Gasteiger partial charge on any atom is -0.481 e. The fourth-order valence-corrected chi connectivity index (χ4v) is 6.36. The van der Waals surface area contributed by atoms with Crippen LogP contribution in [0.1, 0.15) is 22.6 Å². The molecule has 2 aromatic carbocycles. The van der Waals surface area contributed by atoms with Gasteiger partial charge in [-0.05, 0) is 11.1 Å². The third kappa shape index (κ3) is 9.10. The number of fused-ring (bicyclic) bond motifs is 1. The summed E-state index contributed by atoms with van der Waals surface area (Å²) < 4.78 is 55.5. The van der Waals surface area contributed by atoms with Gasteiger partial charge in [0, 0.05) is 71.4 Å². The van der Waals surface area contributed by atoms with Gasteiger partial charge in [0.1, 0.15) is 0 Å². The number of rotatable bonds is 9. The molecule has 1 aromatic heterocycles. The Morgan fingerprint density at radius 1 is 0.894 bits per heavy atom. The molecule has 0 bridgehead atoms. The summed E-state index contributed by atoms with van der Waals surface area (Å²) in [5.41, 5.74) is 2.60. The third-order valence-corrected chi connectivity index (χ3v) is 8.26. The van der Waals surface area contributed by atoms with Crippen LogP contribution in [0.3, 0.4) is 0 Å². The quantitative estimate of drug-likeness (QED) is 0.310. The van der Waals surface area contributed by atoms with Gasteiger partial charge in [-0.1, -0.05) is 60.7 Å². The first kappa shape index (κ1) is 37.9. The number of hydrogen-bond acceptors (Lipinski definition) is 8. The molecular formula is C32H41Cl2F3N6O4. The van der Waals surface area contributed by atoms with Gasteiger partial charge in [-0.2, -0.15) is 23.1 Å². The maximum Gasteiger partial charge on any atom is 0.422 e. The van der Waals surface area contributed by atoms with Crippen molar-refractivity contribution in [2.45, 2.75) is 30.7 Å². The minimum absolute atomic E-state index is 0. The van der Waals surface area contributed by atoms with Crippen LogP contribution in [0.25, 0.3) is 0 Å². The van der Waals surface area contributed by atoms with E-state index in [2.05, 4.69) is 44.0 Å². The number of ether oxygens (including phenoxy) is 3. The van der Waals surface area contributed by atoms with Crippen LogP contribution in [-0.2, 0) is 6.54 Å². The molecule has 2 atom stereocenters. The van der Waals surface area contributed by atoms with E-state index >= 15 is 0 Å². The van der Waals surface area contributed by atoms with Crippen molar-refractivity contribution in [3.05, 3.63) is 77.4 Å². The van der Waals surface area contributed by atoms with Gasteiger partial charge in [0.15, 0.2) is 6.61 Å². The third-order valence-electron chi connectivity index (χ3n) is 8.26. The van der Waals surface area contributed by atoms with Gasteiger partial charge in [-0.3, -0.25) is 9.80 Å². The lowest BCUT2D eigenvalue weighted by molar-refractivity contribution is -0.154. The Balaban J connectivity index is 0.00000300. The van der Waals surface area contributed by atoms with Crippen molar-refractivity contribution in [1.29, 1.82) is 0 Å². The summed E-state index contributed by atoms with van der Waals surface area (Å²) in [7, 11) is 6.20. The number of benzene rings is 2. The molecule has 2 amide bonds. The second-order valence-corrected chi connectivity index (χ2v) is 11.5. The van der Waals surface area contributed by atoms with Crippen LogP contribution >= 0.6 is 24.8 Å². The van der Waals surface area contributed by atoms with Gasteiger partial charge in [0.05, 0.1) is 19.8 Å². The van der Waals surface area contributed by atoms with E-state index < -0.39 is 12.8 Å². The molecule has 0 radical (unpaired) electrons. The second kappa shape index (κ2) is 16.5. The smallest absolute Gasteiger partial charge is 0.422 e. The number of alkyl halides is 3. The fraction of sp³-hybridized carbons (Fsp3) is 0.469. The van der Waals surface area contributed by atoms with Crippen molar-refractivity contribution >= 4 is 30.8 Å². The zero-order valence-corrected chi connectivity index (χ0v) is 28.4. The van der Waals surface area contributed by atoms with E-state index in [1.54, 1.807) is 19.0 Å². The molecule has 2 aliphatic heterocycles. The predicted octanol–water partition coefficient (Wildman–Crippen LogP) is 4.96. The fourth-order valence-electron chi connectivity index (χ4n) is 6.36. The summed E-state index contributed by atoms with van der Waals surface area (Å²) in [5.74, 6) is -0.178. The molecule has 3 aromatic rings. The Hall–Kier alpha value is -3.52. The zero-order valence-electron chi connectivity index (χ0n) is 26.7. The topological polar surface area (TPSA) is 83.5 Å². The highest BCUT2D eigenvalue weighted by Gasteiger charge is 2.43. The molecule has 10 nitrogen and oxygen atoms in total. The monoisotopic (exact) mass is 700 g/mol. The van der Waals surface area contributed by atoms with Crippen LogP contribution in [-0.4, -0.2) is 122 Å². The highest BCUT2D eigenvalue weighted by atomic mass is 35.5. The number of carbonyl (C=O) groups excluding carboxylic acids is 1. The van der Waals surface area contributed by atoms with E-state index in [4.69, 9.17) is 14.2 Å². The summed E-state index contributed by atoms with van der Waals surface area (Å²) in [6, 6.07) is 20.3. The molecule has 0 aliphatic carbocycles. The predicted molar refractivity (Wildman–Crippen MR) is 176 cm³/mol. The van der Waals surface area contributed by atoms with Crippen LogP contribution in [0.4, 0.5) is 18.0 Å². The normalized spacial score (nSPS) is 18.4. The molecule has 15 heteroatoms. The second-order valence-electron chi connectivity index (χ2n) is 11.5. The number of nitrogens with zero attached hydrogens (tertiary/aromatic N) is 6. The molecule has 2 saturated heterocycles. The molecule has 2 unspecified atom stereocenters. The van der Waals surface area contributed by atoms with Crippen molar-refractivity contribution in [3.8, 4) is 17.8 Å². The van der Waals surface area contributed by atoms with Gasteiger partial charge < -0.3 is 24.0 Å². The number of hydrogen-bond donors (Lipinski definition) is 0. The summed E-state index contributed by atoms with van der Waals surface area (Å²) >= 11 is 0. The van der Waals surface area contributed by atoms with Crippen LogP contribution in [0.2, 0.25) is 0 Å². The van der Waals surface area contributed by atoms with Crippen LogP contribution in [0.5, 0.6) is 17.8 Å². The number of methoxy groups -OCH3 is 2. The first-order chi connectivity index (χ1) is 21.6. The van der Waals surface area contributed by atoms with Crippen molar-refractivity contribution in [2.75, 3.05) is 67.6 Å². The molecule has 3 heterocycles. The molecule has 0 spiro atoms. The first-order valence-electron chi connectivity index (χ1n) is 14.8. The lowest BCUT2D eigenvalue weighted by Gasteiger charge is -2.53. The van der Waals surface area contributed by atoms with Gasteiger partial charge >= 0.3 is 18.2 Å². The van der Waals surface area contributed by atoms with E-state index in [0.29, 0.717) is 38.3 Å². The lowest BCUT2D eigenvalue weighted by Crippen LogP contribution is -2.67. The maximum atomic E-state index is 13.2.